The zero-order valence-corrected chi connectivity index (χ0v) is 9.48. The van der Waals surface area contributed by atoms with Crippen LogP contribution in [-0.2, 0) is 9.59 Å². The number of benzene rings is 1. The third-order valence-corrected chi connectivity index (χ3v) is 2.78. The zero-order valence-electron chi connectivity index (χ0n) is 9.48. The van der Waals surface area contributed by atoms with Crippen molar-refractivity contribution in [1.82, 2.24) is 15.0 Å². The van der Waals surface area contributed by atoms with E-state index >= 15 is 0 Å². The number of anilines is 1. The second-order valence-electron chi connectivity index (χ2n) is 4.03. The fourth-order valence-electron chi connectivity index (χ4n) is 1.95. The number of carbonyl (C=O) groups excluding carboxylic acids is 2. The van der Waals surface area contributed by atoms with Gasteiger partial charge in [-0.3, -0.25) is 9.59 Å². The molecule has 1 saturated heterocycles. The van der Waals surface area contributed by atoms with E-state index in [4.69, 9.17) is 0 Å². The first-order valence-electron chi connectivity index (χ1n) is 5.53. The zero-order chi connectivity index (χ0) is 12.5. The van der Waals surface area contributed by atoms with Crippen LogP contribution in [-0.4, -0.2) is 33.2 Å². The number of ketones is 1. The summed E-state index contributed by atoms with van der Waals surface area (Å²) >= 11 is 0. The number of Topliss-reactive ketones (excluding diaryl/α,β-unsaturated/α-hetero) is 1. The summed E-state index contributed by atoms with van der Waals surface area (Å²) in [6, 6.07) is 7.23. The summed E-state index contributed by atoms with van der Waals surface area (Å²) in [5.41, 5.74) is 1.45. The highest BCUT2D eigenvalue weighted by molar-refractivity contribution is 6.15. The predicted octanol–water partition coefficient (Wildman–Crippen LogP) is 0.573. The molecule has 2 aromatic rings. The maximum Gasteiger partial charge on any atom is 0.234 e. The first-order valence-corrected chi connectivity index (χ1v) is 5.53. The number of amides is 1. The van der Waals surface area contributed by atoms with Crippen molar-refractivity contribution in [3.8, 4) is 5.69 Å². The van der Waals surface area contributed by atoms with Crippen molar-refractivity contribution in [3.63, 3.8) is 0 Å². The molecule has 0 aliphatic carbocycles. The van der Waals surface area contributed by atoms with Gasteiger partial charge in [0, 0.05) is 5.69 Å². The molecule has 1 aromatic heterocycles. The molecule has 90 valence electrons. The van der Waals surface area contributed by atoms with Crippen LogP contribution in [0.3, 0.4) is 0 Å². The molecule has 18 heavy (non-hydrogen) atoms. The predicted molar refractivity (Wildman–Crippen MR) is 63.3 cm³/mol. The van der Waals surface area contributed by atoms with E-state index in [1.807, 2.05) is 12.1 Å². The Balaban J connectivity index is 1.97. The van der Waals surface area contributed by atoms with Gasteiger partial charge in [0.15, 0.2) is 5.78 Å². The van der Waals surface area contributed by atoms with Crippen molar-refractivity contribution >= 4 is 17.4 Å². The minimum atomic E-state index is -0.162. The topological polar surface area (TPSA) is 68.1 Å². The number of rotatable bonds is 2. The Kier molecular flexibility index (Phi) is 2.40. The van der Waals surface area contributed by atoms with E-state index in [1.54, 1.807) is 24.5 Å². The highest BCUT2D eigenvalue weighted by atomic mass is 16.2. The van der Waals surface area contributed by atoms with Gasteiger partial charge in [-0.1, -0.05) is 6.07 Å². The van der Waals surface area contributed by atoms with Crippen LogP contribution in [0.1, 0.15) is 6.42 Å². The largest absolute Gasteiger partial charge is 0.305 e. The van der Waals surface area contributed by atoms with Gasteiger partial charge in [-0.2, -0.15) is 15.0 Å². The number of aromatic nitrogens is 3. The molecule has 0 atom stereocenters. The fraction of sp³-hybridized carbons (Fsp3) is 0.167. The minimum Gasteiger partial charge on any atom is -0.305 e. The van der Waals surface area contributed by atoms with E-state index in [-0.39, 0.29) is 24.7 Å². The van der Waals surface area contributed by atoms with E-state index in [0.29, 0.717) is 5.69 Å². The normalized spacial score (nSPS) is 15.4. The molecular formula is C12H10N4O2. The number of carbonyl (C=O) groups is 2. The van der Waals surface area contributed by atoms with Crippen molar-refractivity contribution in [2.75, 3.05) is 11.4 Å². The lowest BCUT2D eigenvalue weighted by atomic mass is 10.2. The molecule has 1 fully saturated rings. The molecule has 1 aliphatic heterocycles. The van der Waals surface area contributed by atoms with Crippen LogP contribution in [0.15, 0.2) is 36.7 Å². The molecule has 6 nitrogen and oxygen atoms in total. The van der Waals surface area contributed by atoms with Crippen LogP contribution in [0.2, 0.25) is 0 Å². The highest BCUT2D eigenvalue weighted by Gasteiger charge is 2.28. The average Bonchev–Trinajstić information content (AvgIpc) is 2.99. The monoisotopic (exact) mass is 242 g/mol. The highest BCUT2D eigenvalue weighted by Crippen LogP contribution is 2.21. The molecule has 2 heterocycles. The van der Waals surface area contributed by atoms with Gasteiger partial charge < -0.3 is 4.90 Å². The van der Waals surface area contributed by atoms with Gasteiger partial charge >= 0.3 is 0 Å². The molecule has 1 aliphatic rings. The lowest BCUT2D eigenvalue weighted by molar-refractivity contribution is -0.121. The summed E-state index contributed by atoms with van der Waals surface area (Å²) in [6.45, 7) is 0.148. The molecular weight excluding hydrogens is 232 g/mol. The van der Waals surface area contributed by atoms with Crippen LogP contribution in [0.25, 0.3) is 5.69 Å². The van der Waals surface area contributed by atoms with Crippen LogP contribution >= 0.6 is 0 Å². The fourth-order valence-corrected chi connectivity index (χ4v) is 1.95. The SMILES string of the molecule is O=C1CC(=O)N(c2cccc(-n3nccn3)c2)C1. The van der Waals surface area contributed by atoms with Gasteiger partial charge in [0.1, 0.15) is 0 Å². The number of nitrogens with zero attached hydrogens (tertiary/aromatic N) is 4. The second-order valence-corrected chi connectivity index (χ2v) is 4.03. The Morgan fingerprint density at radius 3 is 2.44 bits per heavy atom. The molecule has 0 spiro atoms. The molecule has 0 bridgehead atoms. The molecule has 1 aromatic carbocycles. The third-order valence-electron chi connectivity index (χ3n) is 2.78. The van der Waals surface area contributed by atoms with Crippen LogP contribution in [0.4, 0.5) is 5.69 Å². The molecule has 1 amide bonds. The molecule has 3 rings (SSSR count). The van der Waals surface area contributed by atoms with Crippen molar-refractivity contribution < 1.29 is 9.59 Å². The second kappa shape index (κ2) is 4.06. The van der Waals surface area contributed by atoms with Gasteiger partial charge in [-0.05, 0) is 18.2 Å². The summed E-state index contributed by atoms with van der Waals surface area (Å²) < 4.78 is 0. The van der Waals surface area contributed by atoms with Crippen molar-refractivity contribution in [1.29, 1.82) is 0 Å². The number of hydrogen-bond donors (Lipinski definition) is 0. The molecule has 0 unspecified atom stereocenters. The molecule has 0 saturated carbocycles. The first-order chi connectivity index (χ1) is 8.74. The van der Waals surface area contributed by atoms with E-state index in [9.17, 15) is 9.59 Å². The van der Waals surface area contributed by atoms with Crippen LogP contribution in [0, 0.1) is 0 Å². The first kappa shape index (κ1) is 10.6. The lowest BCUT2D eigenvalue weighted by Gasteiger charge is -2.15. The molecule has 0 N–H and O–H groups in total. The summed E-state index contributed by atoms with van der Waals surface area (Å²) in [5, 5.41) is 8.05. The summed E-state index contributed by atoms with van der Waals surface area (Å²) in [4.78, 5) is 25.9. The molecule has 6 heteroatoms. The van der Waals surface area contributed by atoms with Crippen LogP contribution in [0.5, 0.6) is 0 Å². The van der Waals surface area contributed by atoms with Gasteiger partial charge in [0.25, 0.3) is 0 Å². The van der Waals surface area contributed by atoms with E-state index in [2.05, 4.69) is 10.2 Å². The summed E-state index contributed by atoms with van der Waals surface area (Å²) in [7, 11) is 0. The maximum atomic E-state index is 11.6. The molecule has 0 radical (unpaired) electrons. The van der Waals surface area contributed by atoms with Gasteiger partial charge in [-0.15, -0.1) is 0 Å². The Morgan fingerprint density at radius 1 is 1.06 bits per heavy atom. The van der Waals surface area contributed by atoms with Gasteiger partial charge in [0.2, 0.25) is 5.91 Å². The average molecular weight is 242 g/mol. The van der Waals surface area contributed by atoms with E-state index in [0.717, 1.165) is 5.69 Å². The van der Waals surface area contributed by atoms with Gasteiger partial charge in [0.05, 0.1) is 31.0 Å². The van der Waals surface area contributed by atoms with Gasteiger partial charge in [-0.25, -0.2) is 0 Å². The smallest absolute Gasteiger partial charge is 0.234 e. The summed E-state index contributed by atoms with van der Waals surface area (Å²) in [5.74, 6) is -0.215. The van der Waals surface area contributed by atoms with E-state index < -0.39 is 0 Å². The summed E-state index contributed by atoms with van der Waals surface area (Å²) in [6.07, 6.45) is 3.15. The van der Waals surface area contributed by atoms with Crippen molar-refractivity contribution in [3.05, 3.63) is 36.7 Å². The number of hydrogen-bond acceptors (Lipinski definition) is 4. The Bertz CT molecular complexity index is 606. The van der Waals surface area contributed by atoms with Crippen molar-refractivity contribution in [2.45, 2.75) is 6.42 Å². The Hall–Kier alpha value is -2.50. The van der Waals surface area contributed by atoms with Crippen molar-refractivity contribution in [2.24, 2.45) is 0 Å². The third kappa shape index (κ3) is 1.77. The Labute approximate surface area is 103 Å². The quantitative estimate of drug-likeness (QED) is 0.722. The standard InChI is InChI=1S/C12H10N4O2/c17-11-7-12(18)15(8-11)9-2-1-3-10(6-9)16-13-4-5-14-16/h1-6H,7-8H2. The lowest BCUT2D eigenvalue weighted by Crippen LogP contribution is -2.24. The Morgan fingerprint density at radius 2 is 1.78 bits per heavy atom. The van der Waals surface area contributed by atoms with Crippen LogP contribution < -0.4 is 4.90 Å². The minimum absolute atomic E-state index is 0.00968. The maximum absolute atomic E-state index is 11.6. The van der Waals surface area contributed by atoms with E-state index in [1.165, 1.54) is 9.70 Å².